The van der Waals surface area contributed by atoms with E-state index in [-0.39, 0.29) is 18.3 Å². The molecule has 7 heteroatoms. The quantitative estimate of drug-likeness (QED) is 0.179. The van der Waals surface area contributed by atoms with E-state index in [1.807, 2.05) is 37.3 Å². The van der Waals surface area contributed by atoms with Gasteiger partial charge in [-0.15, -0.1) is 0 Å². The van der Waals surface area contributed by atoms with Crippen molar-refractivity contribution in [3.63, 3.8) is 0 Å². The number of rotatable bonds is 14. The molecule has 0 spiro atoms. The van der Waals surface area contributed by atoms with Gasteiger partial charge in [0, 0.05) is 18.8 Å². The first kappa shape index (κ1) is 29.5. The molecular formula is C24H44N2O5. The molecule has 1 saturated carbocycles. The van der Waals surface area contributed by atoms with Gasteiger partial charge in [-0.1, -0.05) is 43.4 Å². The number of carboxylic acid groups (broad SMARTS) is 1. The number of nitrogens with two attached hydrogens (primary N) is 2. The fraction of sp³-hybridized carbons (Fsp3) is 0.708. The van der Waals surface area contributed by atoms with Gasteiger partial charge < -0.3 is 31.9 Å². The fourth-order valence-electron chi connectivity index (χ4n) is 3.47. The van der Waals surface area contributed by atoms with Crippen molar-refractivity contribution < 1.29 is 25.2 Å². The van der Waals surface area contributed by atoms with Gasteiger partial charge in [0.1, 0.15) is 0 Å². The van der Waals surface area contributed by atoms with E-state index in [4.69, 9.17) is 16.6 Å². The highest BCUT2D eigenvalue weighted by Crippen LogP contribution is 2.36. The summed E-state index contributed by atoms with van der Waals surface area (Å²) in [5, 5.41) is 38.9. The summed E-state index contributed by atoms with van der Waals surface area (Å²) in [7, 11) is 0. The summed E-state index contributed by atoms with van der Waals surface area (Å²) >= 11 is 0. The molecule has 0 bridgehead atoms. The van der Waals surface area contributed by atoms with Crippen LogP contribution in [0.25, 0.3) is 0 Å². The zero-order valence-electron chi connectivity index (χ0n) is 19.0. The van der Waals surface area contributed by atoms with Crippen LogP contribution in [0.15, 0.2) is 36.5 Å². The number of carboxylic acids is 1. The maximum atomic E-state index is 10.5. The molecule has 5 atom stereocenters. The minimum absolute atomic E-state index is 0.0830. The molecule has 180 valence electrons. The second-order valence-corrected chi connectivity index (χ2v) is 7.96. The van der Waals surface area contributed by atoms with Crippen LogP contribution in [0.3, 0.4) is 0 Å². The molecule has 0 aromatic heterocycles. The van der Waals surface area contributed by atoms with Crippen molar-refractivity contribution >= 4 is 5.97 Å². The van der Waals surface area contributed by atoms with Gasteiger partial charge in [-0.25, -0.2) is 0 Å². The average Bonchev–Trinajstić information content (AvgIpc) is 3.00. The average molecular weight is 441 g/mol. The molecule has 1 fully saturated rings. The van der Waals surface area contributed by atoms with Crippen LogP contribution >= 0.6 is 0 Å². The fourth-order valence-corrected chi connectivity index (χ4v) is 3.47. The first-order chi connectivity index (χ1) is 14.9. The molecule has 31 heavy (non-hydrogen) atoms. The van der Waals surface area contributed by atoms with Crippen molar-refractivity contribution in [3.8, 4) is 0 Å². The molecule has 0 radical (unpaired) electrons. The van der Waals surface area contributed by atoms with Gasteiger partial charge in [0.2, 0.25) is 0 Å². The summed E-state index contributed by atoms with van der Waals surface area (Å²) in [5.41, 5.74) is 10.3. The van der Waals surface area contributed by atoms with Gasteiger partial charge in [-0.3, -0.25) is 4.79 Å². The number of unbranched alkanes of at least 4 members (excludes halogenated alkanes) is 2. The minimum Gasteiger partial charge on any atom is -0.481 e. The van der Waals surface area contributed by atoms with E-state index in [2.05, 4.69) is 0 Å². The predicted molar refractivity (Wildman–Crippen MR) is 125 cm³/mol. The standard InChI is InChI=1S/C20H32O5.C4H12N2/c1-2-3-6-9-15(21)12-13-17-16(18(22)14-19(17)23)10-7-4-5-8-11-20(24)25;5-3-1-2-4-6/h3-4,6-7,12-13,15-19,21-23H,2,5,8-11,14H2,1H3,(H,24,25);1-6H2/b6-3-,7-4-,13-12+;/t15-,16+,17+,18-,19+;/m0./s1. The second kappa shape index (κ2) is 19.2. The number of aliphatic hydroxyl groups excluding tert-OH is 3. The van der Waals surface area contributed by atoms with Crippen LogP contribution in [0.5, 0.6) is 0 Å². The van der Waals surface area contributed by atoms with E-state index >= 15 is 0 Å². The van der Waals surface area contributed by atoms with Crippen LogP contribution < -0.4 is 11.5 Å². The van der Waals surface area contributed by atoms with Crippen molar-refractivity contribution in [2.75, 3.05) is 13.1 Å². The highest BCUT2D eigenvalue weighted by Gasteiger charge is 2.39. The van der Waals surface area contributed by atoms with E-state index in [1.165, 1.54) is 0 Å². The van der Waals surface area contributed by atoms with Crippen LogP contribution in [-0.4, -0.2) is 57.8 Å². The predicted octanol–water partition coefficient (Wildman–Crippen LogP) is 2.50. The molecular weight excluding hydrogens is 396 g/mol. The Labute approximate surface area is 187 Å². The first-order valence-corrected chi connectivity index (χ1v) is 11.5. The Morgan fingerprint density at radius 1 is 1.03 bits per heavy atom. The summed E-state index contributed by atoms with van der Waals surface area (Å²) in [5.74, 6) is -1.05. The smallest absolute Gasteiger partial charge is 0.303 e. The third-order valence-corrected chi connectivity index (χ3v) is 5.25. The molecule has 0 amide bonds. The summed E-state index contributed by atoms with van der Waals surface area (Å²) < 4.78 is 0. The van der Waals surface area contributed by atoms with Crippen LogP contribution in [0.1, 0.15) is 64.7 Å². The van der Waals surface area contributed by atoms with Crippen LogP contribution in [0.4, 0.5) is 0 Å². The van der Waals surface area contributed by atoms with Crippen molar-refractivity contribution in [1.82, 2.24) is 0 Å². The highest BCUT2D eigenvalue weighted by atomic mass is 16.4. The molecule has 8 N–H and O–H groups in total. The first-order valence-electron chi connectivity index (χ1n) is 11.5. The zero-order valence-corrected chi connectivity index (χ0v) is 19.0. The van der Waals surface area contributed by atoms with Gasteiger partial charge in [0.05, 0.1) is 18.3 Å². The van der Waals surface area contributed by atoms with E-state index in [0.717, 1.165) is 32.4 Å². The molecule has 0 aromatic carbocycles. The van der Waals surface area contributed by atoms with Gasteiger partial charge >= 0.3 is 5.97 Å². The second-order valence-electron chi connectivity index (χ2n) is 7.96. The maximum absolute atomic E-state index is 10.5. The molecule has 0 saturated heterocycles. The van der Waals surface area contributed by atoms with E-state index in [0.29, 0.717) is 32.1 Å². The Bertz CT molecular complexity index is 532. The Kier molecular flexibility index (Phi) is 18.3. The van der Waals surface area contributed by atoms with Crippen molar-refractivity contribution in [2.24, 2.45) is 23.3 Å². The van der Waals surface area contributed by atoms with E-state index < -0.39 is 24.3 Å². The lowest BCUT2D eigenvalue weighted by Gasteiger charge is -2.19. The summed E-state index contributed by atoms with van der Waals surface area (Å²) in [6.45, 7) is 3.59. The van der Waals surface area contributed by atoms with E-state index in [9.17, 15) is 20.1 Å². The largest absolute Gasteiger partial charge is 0.481 e. The zero-order chi connectivity index (χ0) is 23.5. The Morgan fingerprint density at radius 2 is 1.71 bits per heavy atom. The van der Waals surface area contributed by atoms with E-state index in [1.54, 1.807) is 6.08 Å². The lowest BCUT2D eigenvalue weighted by atomic mass is 9.89. The normalized spacial score (nSPS) is 24.7. The lowest BCUT2D eigenvalue weighted by molar-refractivity contribution is -0.137. The molecule has 1 aliphatic rings. The van der Waals surface area contributed by atoms with Gasteiger partial charge in [-0.2, -0.15) is 0 Å². The molecule has 7 nitrogen and oxygen atoms in total. The monoisotopic (exact) mass is 440 g/mol. The third kappa shape index (κ3) is 15.0. The number of hydrogen-bond donors (Lipinski definition) is 6. The maximum Gasteiger partial charge on any atom is 0.303 e. The number of carbonyl (C=O) groups is 1. The van der Waals surface area contributed by atoms with Gasteiger partial charge in [0.25, 0.3) is 0 Å². The molecule has 1 aliphatic carbocycles. The highest BCUT2D eigenvalue weighted by molar-refractivity contribution is 5.66. The number of aliphatic hydroxyl groups is 3. The van der Waals surface area contributed by atoms with Crippen molar-refractivity contribution in [1.29, 1.82) is 0 Å². The Balaban J connectivity index is 0.00000131. The Morgan fingerprint density at radius 3 is 2.29 bits per heavy atom. The number of hydrogen-bond acceptors (Lipinski definition) is 6. The SMILES string of the molecule is CC/C=C\C[C@H](O)/C=C/[C@@H]1[C@@H](C/C=C\CCCC(=O)O)[C@@H](O)C[C@H]1O.NCCCCN. The Hall–Kier alpha value is -1.51. The number of aliphatic carboxylic acids is 1. The third-order valence-electron chi connectivity index (χ3n) is 5.25. The topological polar surface area (TPSA) is 150 Å². The molecule has 1 rings (SSSR count). The minimum atomic E-state index is -0.791. The lowest BCUT2D eigenvalue weighted by Crippen LogP contribution is -2.20. The molecule has 0 aromatic rings. The molecule has 0 unspecified atom stereocenters. The molecule has 0 aliphatic heterocycles. The van der Waals surface area contributed by atoms with Crippen molar-refractivity contribution in [2.45, 2.75) is 83.0 Å². The molecule has 0 heterocycles. The summed E-state index contributed by atoms with van der Waals surface area (Å²) in [6.07, 6.45) is 15.7. The van der Waals surface area contributed by atoms with Crippen LogP contribution in [-0.2, 0) is 4.79 Å². The summed E-state index contributed by atoms with van der Waals surface area (Å²) in [4.78, 5) is 10.5. The van der Waals surface area contributed by atoms with Crippen LogP contribution in [0.2, 0.25) is 0 Å². The summed E-state index contributed by atoms with van der Waals surface area (Å²) in [6, 6.07) is 0. The van der Waals surface area contributed by atoms with Crippen LogP contribution in [0, 0.1) is 11.8 Å². The number of allylic oxidation sites excluding steroid dienone is 3. The van der Waals surface area contributed by atoms with Crippen molar-refractivity contribution in [3.05, 3.63) is 36.5 Å². The van der Waals surface area contributed by atoms with Gasteiger partial charge in [0.15, 0.2) is 0 Å². The van der Waals surface area contributed by atoms with Gasteiger partial charge in [-0.05, 0) is 64.0 Å².